The van der Waals surface area contributed by atoms with Crippen molar-refractivity contribution in [3.8, 4) is 5.75 Å². The van der Waals surface area contributed by atoms with Gasteiger partial charge in [0.05, 0.1) is 5.56 Å². The van der Waals surface area contributed by atoms with Gasteiger partial charge in [-0.05, 0) is 30.7 Å². The molecule has 0 saturated carbocycles. The van der Waals surface area contributed by atoms with Crippen LogP contribution in [0, 0.1) is 6.92 Å². The third kappa shape index (κ3) is 3.41. The molecule has 2 rings (SSSR count). The number of hydrogen-bond donors (Lipinski definition) is 1. The topological polar surface area (TPSA) is 46.5 Å². The van der Waals surface area contributed by atoms with Crippen LogP contribution >= 0.6 is 31.9 Å². The molecule has 0 spiro atoms. The lowest BCUT2D eigenvalue weighted by molar-refractivity contribution is 0.0470. The average Bonchev–Trinajstić information content (AvgIpc) is 2.37. The molecule has 0 heterocycles. The van der Waals surface area contributed by atoms with E-state index in [2.05, 4.69) is 31.9 Å². The number of benzene rings is 2. The number of carbonyl (C=O) groups is 1. The molecule has 0 amide bonds. The minimum Gasteiger partial charge on any atom is -0.508 e. The zero-order chi connectivity index (χ0) is 14.7. The molecule has 5 heteroatoms. The average molecular weight is 400 g/mol. The van der Waals surface area contributed by atoms with Gasteiger partial charge in [0.2, 0.25) is 0 Å². The lowest BCUT2D eigenvalue weighted by Gasteiger charge is -2.10. The van der Waals surface area contributed by atoms with E-state index in [9.17, 15) is 9.90 Å². The van der Waals surface area contributed by atoms with Crippen LogP contribution in [0.1, 0.15) is 21.5 Å². The third-order valence-corrected chi connectivity index (χ3v) is 4.25. The Labute approximate surface area is 133 Å². The Morgan fingerprint density at radius 1 is 1.20 bits per heavy atom. The van der Waals surface area contributed by atoms with Gasteiger partial charge in [-0.15, -0.1) is 0 Å². The second kappa shape index (κ2) is 6.41. The predicted molar refractivity (Wildman–Crippen MR) is 83.8 cm³/mol. The first-order chi connectivity index (χ1) is 9.49. The molecule has 0 unspecified atom stereocenters. The Bertz CT molecular complexity index is 630. The molecule has 0 radical (unpaired) electrons. The van der Waals surface area contributed by atoms with Crippen molar-refractivity contribution in [1.82, 2.24) is 0 Å². The first-order valence-electron chi connectivity index (χ1n) is 5.88. The first kappa shape index (κ1) is 15.1. The van der Waals surface area contributed by atoms with Gasteiger partial charge in [-0.25, -0.2) is 4.79 Å². The van der Waals surface area contributed by atoms with Crippen LogP contribution in [0.3, 0.4) is 0 Å². The van der Waals surface area contributed by atoms with Gasteiger partial charge < -0.3 is 9.84 Å². The summed E-state index contributed by atoms with van der Waals surface area (Å²) in [5, 5.41) is 9.44. The molecule has 2 aromatic carbocycles. The molecule has 1 N–H and O–H groups in total. The molecule has 0 aliphatic rings. The van der Waals surface area contributed by atoms with Crippen molar-refractivity contribution in [2.75, 3.05) is 0 Å². The highest BCUT2D eigenvalue weighted by molar-refractivity contribution is 9.11. The summed E-state index contributed by atoms with van der Waals surface area (Å²) in [7, 11) is 0. The fourth-order valence-corrected chi connectivity index (χ4v) is 3.14. The molecule has 2 aromatic rings. The van der Waals surface area contributed by atoms with Crippen LogP contribution in [0.4, 0.5) is 0 Å². The van der Waals surface area contributed by atoms with Gasteiger partial charge in [0.25, 0.3) is 0 Å². The molecular formula is C15H12Br2O3. The van der Waals surface area contributed by atoms with Crippen LogP contribution in [0.2, 0.25) is 0 Å². The van der Waals surface area contributed by atoms with Crippen LogP contribution in [0.15, 0.2) is 45.3 Å². The van der Waals surface area contributed by atoms with Crippen LogP contribution in [-0.2, 0) is 11.3 Å². The van der Waals surface area contributed by atoms with Crippen molar-refractivity contribution in [3.05, 3.63) is 62.0 Å². The molecule has 0 saturated heterocycles. The number of carbonyl (C=O) groups excluding carboxylic acids is 1. The quantitative estimate of drug-likeness (QED) is 0.768. The van der Waals surface area contributed by atoms with Gasteiger partial charge in [0.1, 0.15) is 12.4 Å². The lowest BCUT2D eigenvalue weighted by atomic mass is 10.1. The Morgan fingerprint density at radius 3 is 2.40 bits per heavy atom. The normalized spacial score (nSPS) is 10.3. The highest BCUT2D eigenvalue weighted by Gasteiger charge is 2.13. The largest absolute Gasteiger partial charge is 0.508 e. The molecule has 0 aromatic heterocycles. The van der Waals surface area contributed by atoms with E-state index >= 15 is 0 Å². The molecule has 0 fully saturated rings. The lowest BCUT2D eigenvalue weighted by Crippen LogP contribution is -2.07. The number of aryl methyl sites for hydroxylation is 1. The summed E-state index contributed by atoms with van der Waals surface area (Å²) in [5.74, 6) is -0.229. The maximum atomic E-state index is 12.0. The summed E-state index contributed by atoms with van der Waals surface area (Å²) in [6, 6.07) is 10.4. The number of ether oxygens (including phenoxy) is 1. The van der Waals surface area contributed by atoms with Gasteiger partial charge in [-0.2, -0.15) is 0 Å². The monoisotopic (exact) mass is 398 g/mol. The highest BCUT2D eigenvalue weighted by Crippen LogP contribution is 2.31. The Kier molecular flexibility index (Phi) is 4.83. The van der Waals surface area contributed by atoms with Crippen LogP contribution < -0.4 is 0 Å². The Morgan fingerprint density at radius 2 is 1.80 bits per heavy atom. The zero-order valence-electron chi connectivity index (χ0n) is 10.7. The molecule has 0 aliphatic heterocycles. The number of hydrogen-bond acceptors (Lipinski definition) is 3. The minimum atomic E-state index is -0.366. The number of esters is 1. The van der Waals surface area contributed by atoms with E-state index in [4.69, 9.17) is 4.74 Å². The second-order valence-corrected chi connectivity index (χ2v) is 5.99. The zero-order valence-corrected chi connectivity index (χ0v) is 13.9. The fourth-order valence-electron chi connectivity index (χ4n) is 1.74. The maximum Gasteiger partial charge on any atom is 0.338 e. The van der Waals surface area contributed by atoms with Crippen molar-refractivity contribution >= 4 is 37.8 Å². The summed E-state index contributed by atoms with van der Waals surface area (Å²) in [4.78, 5) is 12.0. The summed E-state index contributed by atoms with van der Waals surface area (Å²) in [5.41, 5.74) is 2.20. The maximum absolute atomic E-state index is 12.0. The Balaban J connectivity index is 2.14. The fraction of sp³-hybridized carbons (Fsp3) is 0.133. The molecule has 0 bridgehead atoms. The van der Waals surface area contributed by atoms with Gasteiger partial charge in [-0.1, -0.05) is 50.1 Å². The molecular weight excluding hydrogens is 388 g/mol. The standard InChI is InChI=1S/C15H12Br2O3/c1-9-4-2-3-5-11(9)15(19)20-8-12-13(16)6-10(18)7-14(12)17/h2-7,18H,8H2,1H3. The van der Waals surface area contributed by atoms with Gasteiger partial charge >= 0.3 is 5.97 Å². The molecule has 3 nitrogen and oxygen atoms in total. The summed E-state index contributed by atoms with van der Waals surface area (Å²) in [6.07, 6.45) is 0. The van der Waals surface area contributed by atoms with E-state index in [0.29, 0.717) is 14.5 Å². The highest BCUT2D eigenvalue weighted by atomic mass is 79.9. The number of halogens is 2. The summed E-state index contributed by atoms with van der Waals surface area (Å²) >= 11 is 6.67. The number of phenolic OH excluding ortho intramolecular Hbond substituents is 1. The van der Waals surface area contributed by atoms with E-state index in [0.717, 1.165) is 11.1 Å². The predicted octanol–water partition coefficient (Wildman–Crippen LogP) is 4.58. The number of phenols is 1. The van der Waals surface area contributed by atoms with E-state index in [1.165, 1.54) is 0 Å². The Hall–Kier alpha value is -1.33. The number of rotatable bonds is 3. The molecule has 104 valence electrons. The van der Waals surface area contributed by atoms with Gasteiger partial charge in [0, 0.05) is 14.5 Å². The third-order valence-electron chi connectivity index (χ3n) is 2.84. The van der Waals surface area contributed by atoms with Crippen molar-refractivity contribution < 1.29 is 14.6 Å². The summed E-state index contributed by atoms with van der Waals surface area (Å²) < 4.78 is 6.68. The van der Waals surface area contributed by atoms with Gasteiger partial charge in [-0.3, -0.25) is 0 Å². The summed E-state index contributed by atoms with van der Waals surface area (Å²) in [6.45, 7) is 1.98. The smallest absolute Gasteiger partial charge is 0.338 e. The van der Waals surface area contributed by atoms with E-state index < -0.39 is 0 Å². The van der Waals surface area contributed by atoms with E-state index in [1.807, 2.05) is 19.1 Å². The van der Waals surface area contributed by atoms with Crippen LogP contribution in [0.25, 0.3) is 0 Å². The van der Waals surface area contributed by atoms with E-state index in [1.54, 1.807) is 24.3 Å². The van der Waals surface area contributed by atoms with Gasteiger partial charge in [0.15, 0.2) is 0 Å². The van der Waals surface area contributed by atoms with Crippen LogP contribution in [-0.4, -0.2) is 11.1 Å². The molecule has 0 aliphatic carbocycles. The minimum absolute atomic E-state index is 0.120. The van der Waals surface area contributed by atoms with Crippen molar-refractivity contribution in [3.63, 3.8) is 0 Å². The van der Waals surface area contributed by atoms with E-state index in [-0.39, 0.29) is 18.3 Å². The molecule has 0 atom stereocenters. The van der Waals surface area contributed by atoms with Crippen LogP contribution in [0.5, 0.6) is 5.75 Å². The molecule has 20 heavy (non-hydrogen) atoms. The van der Waals surface area contributed by atoms with Crippen molar-refractivity contribution in [2.45, 2.75) is 13.5 Å². The number of aromatic hydroxyl groups is 1. The van der Waals surface area contributed by atoms with Crippen molar-refractivity contribution in [2.24, 2.45) is 0 Å². The second-order valence-electron chi connectivity index (χ2n) is 4.28. The first-order valence-corrected chi connectivity index (χ1v) is 7.47. The van der Waals surface area contributed by atoms with Crippen molar-refractivity contribution in [1.29, 1.82) is 0 Å². The SMILES string of the molecule is Cc1ccccc1C(=O)OCc1c(Br)cc(O)cc1Br.